The predicted octanol–water partition coefficient (Wildman–Crippen LogP) is 2.86. The van der Waals surface area contributed by atoms with E-state index in [0.717, 1.165) is 12.8 Å². The average Bonchev–Trinajstić information content (AvgIpc) is 3.46. The first kappa shape index (κ1) is 17.0. The van der Waals surface area contributed by atoms with Gasteiger partial charge in [-0.3, -0.25) is 0 Å². The first-order valence-corrected chi connectivity index (χ1v) is 8.67. The normalized spacial score (nSPS) is 17.9. The third kappa shape index (κ3) is 3.30. The van der Waals surface area contributed by atoms with Crippen LogP contribution in [0.15, 0.2) is 12.4 Å². The zero-order valence-electron chi connectivity index (χ0n) is 14.4. The average molecular weight is 364 g/mol. The molecule has 4 rings (SSSR count). The Morgan fingerprint density at radius 3 is 2.38 bits per heavy atom. The number of rotatable bonds is 4. The van der Waals surface area contributed by atoms with E-state index in [1.165, 1.54) is 12.4 Å². The van der Waals surface area contributed by atoms with Gasteiger partial charge in [0.15, 0.2) is 11.6 Å². The molecule has 1 aliphatic heterocycles. The maximum atomic E-state index is 14.7. The Kier molecular flexibility index (Phi) is 4.37. The maximum absolute atomic E-state index is 14.7. The van der Waals surface area contributed by atoms with E-state index in [0.29, 0.717) is 49.3 Å². The first-order valence-electron chi connectivity index (χ1n) is 8.67. The summed E-state index contributed by atoms with van der Waals surface area (Å²) in [6.07, 6.45) is 0.732. The van der Waals surface area contributed by atoms with E-state index in [-0.39, 0.29) is 17.4 Å². The molecular formula is C17H19F3N6. The van der Waals surface area contributed by atoms with E-state index in [2.05, 4.69) is 19.9 Å². The van der Waals surface area contributed by atoms with Crippen molar-refractivity contribution < 1.29 is 13.2 Å². The van der Waals surface area contributed by atoms with Gasteiger partial charge < -0.3 is 9.80 Å². The lowest BCUT2D eigenvalue weighted by Crippen LogP contribution is -2.47. The summed E-state index contributed by atoms with van der Waals surface area (Å²) in [7, 11) is 0. The quantitative estimate of drug-likeness (QED) is 0.832. The third-order valence-corrected chi connectivity index (χ3v) is 4.73. The minimum atomic E-state index is -2.63. The number of anilines is 2. The van der Waals surface area contributed by atoms with Gasteiger partial charge in [0.25, 0.3) is 6.43 Å². The molecule has 0 aromatic carbocycles. The molecule has 26 heavy (non-hydrogen) atoms. The molecule has 138 valence electrons. The summed E-state index contributed by atoms with van der Waals surface area (Å²) >= 11 is 0. The van der Waals surface area contributed by atoms with Crippen LogP contribution in [0.5, 0.6) is 0 Å². The number of hydrogen-bond donors (Lipinski definition) is 0. The van der Waals surface area contributed by atoms with Gasteiger partial charge in [0, 0.05) is 38.2 Å². The van der Waals surface area contributed by atoms with E-state index in [1.807, 2.05) is 9.80 Å². The van der Waals surface area contributed by atoms with Crippen molar-refractivity contribution >= 4 is 11.6 Å². The molecule has 9 heteroatoms. The standard InChI is InChI=1S/C17H19F3N6/c1-10-23-12(16(19)20)8-13(24-10)25-4-6-26(7-5-25)17-14(18)15(11-2-3-11)21-9-22-17/h8-9,11,16H,2-7H2,1H3. The lowest BCUT2D eigenvalue weighted by Gasteiger charge is -2.36. The molecule has 2 aliphatic rings. The molecule has 2 aromatic heterocycles. The van der Waals surface area contributed by atoms with E-state index in [9.17, 15) is 13.2 Å². The van der Waals surface area contributed by atoms with E-state index in [4.69, 9.17) is 0 Å². The lowest BCUT2D eigenvalue weighted by molar-refractivity contribution is 0.145. The monoisotopic (exact) mass is 364 g/mol. The van der Waals surface area contributed by atoms with Crippen molar-refractivity contribution in [3.05, 3.63) is 35.4 Å². The van der Waals surface area contributed by atoms with Crippen molar-refractivity contribution in [2.75, 3.05) is 36.0 Å². The molecule has 1 saturated heterocycles. The largest absolute Gasteiger partial charge is 0.353 e. The fourth-order valence-electron chi connectivity index (χ4n) is 3.23. The Hall–Kier alpha value is -2.45. The summed E-state index contributed by atoms with van der Waals surface area (Å²) in [4.78, 5) is 20.0. The number of aryl methyl sites for hydroxylation is 1. The van der Waals surface area contributed by atoms with Crippen LogP contribution in [0.2, 0.25) is 0 Å². The van der Waals surface area contributed by atoms with Crippen LogP contribution in [0.4, 0.5) is 24.8 Å². The Bertz CT molecular complexity index is 803. The summed E-state index contributed by atoms with van der Waals surface area (Å²) in [6, 6.07) is 1.32. The highest BCUT2D eigenvalue weighted by molar-refractivity contribution is 5.47. The van der Waals surface area contributed by atoms with Crippen LogP contribution in [0, 0.1) is 12.7 Å². The molecule has 0 spiro atoms. The van der Waals surface area contributed by atoms with Crippen LogP contribution in [0.3, 0.4) is 0 Å². The van der Waals surface area contributed by atoms with Crippen LogP contribution >= 0.6 is 0 Å². The summed E-state index contributed by atoms with van der Waals surface area (Å²) in [5.74, 6) is 1.01. The van der Waals surface area contributed by atoms with Gasteiger partial charge in [-0.15, -0.1) is 0 Å². The van der Waals surface area contributed by atoms with Gasteiger partial charge in [-0.05, 0) is 19.8 Å². The van der Waals surface area contributed by atoms with Crippen LogP contribution in [0.1, 0.15) is 42.4 Å². The molecule has 0 bridgehead atoms. The van der Waals surface area contributed by atoms with Crippen LogP contribution in [0.25, 0.3) is 0 Å². The number of halogens is 3. The second-order valence-electron chi connectivity index (χ2n) is 6.64. The van der Waals surface area contributed by atoms with Crippen molar-refractivity contribution in [1.29, 1.82) is 0 Å². The van der Waals surface area contributed by atoms with E-state index < -0.39 is 6.43 Å². The predicted molar refractivity (Wildman–Crippen MR) is 90.1 cm³/mol. The molecule has 0 unspecified atom stereocenters. The van der Waals surface area contributed by atoms with Crippen LogP contribution in [-0.2, 0) is 0 Å². The summed E-state index contributed by atoms with van der Waals surface area (Å²) in [5, 5.41) is 0. The molecule has 0 N–H and O–H groups in total. The van der Waals surface area contributed by atoms with Crippen LogP contribution in [-0.4, -0.2) is 46.1 Å². The zero-order valence-corrected chi connectivity index (χ0v) is 14.4. The second kappa shape index (κ2) is 6.69. The van der Waals surface area contributed by atoms with Gasteiger partial charge >= 0.3 is 0 Å². The molecule has 1 saturated carbocycles. The maximum Gasteiger partial charge on any atom is 0.280 e. The highest BCUT2D eigenvalue weighted by Crippen LogP contribution is 2.41. The molecule has 0 radical (unpaired) electrons. The van der Waals surface area contributed by atoms with Crippen LogP contribution < -0.4 is 9.80 Å². The number of piperazine rings is 1. The first-order chi connectivity index (χ1) is 12.5. The molecule has 2 aromatic rings. The Morgan fingerprint density at radius 1 is 1.04 bits per heavy atom. The van der Waals surface area contributed by atoms with Gasteiger partial charge in [-0.25, -0.2) is 33.1 Å². The van der Waals surface area contributed by atoms with Crippen molar-refractivity contribution in [2.24, 2.45) is 0 Å². The van der Waals surface area contributed by atoms with Crippen molar-refractivity contribution in [2.45, 2.75) is 32.1 Å². The van der Waals surface area contributed by atoms with Gasteiger partial charge in [-0.2, -0.15) is 0 Å². The molecular weight excluding hydrogens is 345 g/mol. The smallest absolute Gasteiger partial charge is 0.280 e. The van der Waals surface area contributed by atoms with Gasteiger partial charge in [0.2, 0.25) is 0 Å². The second-order valence-corrected chi connectivity index (χ2v) is 6.64. The SMILES string of the molecule is Cc1nc(C(F)F)cc(N2CCN(c3ncnc(C4CC4)c3F)CC2)n1. The minimum Gasteiger partial charge on any atom is -0.353 e. The Morgan fingerprint density at radius 2 is 1.73 bits per heavy atom. The number of aromatic nitrogens is 4. The number of alkyl halides is 2. The third-order valence-electron chi connectivity index (χ3n) is 4.73. The Labute approximate surface area is 149 Å². The number of nitrogens with zero attached hydrogens (tertiary/aromatic N) is 6. The molecule has 6 nitrogen and oxygen atoms in total. The molecule has 3 heterocycles. The van der Waals surface area contributed by atoms with E-state index >= 15 is 0 Å². The zero-order chi connectivity index (χ0) is 18.3. The van der Waals surface area contributed by atoms with Gasteiger partial charge in [0.05, 0.1) is 5.69 Å². The lowest BCUT2D eigenvalue weighted by atomic mass is 10.2. The number of hydrogen-bond acceptors (Lipinski definition) is 6. The fourth-order valence-corrected chi connectivity index (χ4v) is 3.23. The fraction of sp³-hybridized carbons (Fsp3) is 0.529. The topological polar surface area (TPSA) is 58.0 Å². The van der Waals surface area contributed by atoms with Crippen molar-refractivity contribution in [3.63, 3.8) is 0 Å². The highest BCUT2D eigenvalue weighted by Gasteiger charge is 2.31. The minimum absolute atomic E-state index is 0.217. The van der Waals surface area contributed by atoms with Crippen molar-refractivity contribution in [3.8, 4) is 0 Å². The molecule has 1 aliphatic carbocycles. The molecule has 2 fully saturated rings. The molecule has 0 atom stereocenters. The van der Waals surface area contributed by atoms with Gasteiger partial charge in [0.1, 0.15) is 23.7 Å². The summed E-state index contributed by atoms with van der Waals surface area (Å²) in [6.45, 7) is 3.75. The molecule has 0 amide bonds. The van der Waals surface area contributed by atoms with Crippen molar-refractivity contribution in [1.82, 2.24) is 19.9 Å². The van der Waals surface area contributed by atoms with Gasteiger partial charge in [-0.1, -0.05) is 0 Å². The Balaban J connectivity index is 1.49. The summed E-state index contributed by atoms with van der Waals surface area (Å²) < 4.78 is 40.6. The summed E-state index contributed by atoms with van der Waals surface area (Å²) in [5.41, 5.74) is 0.233. The highest BCUT2D eigenvalue weighted by atomic mass is 19.3. The van der Waals surface area contributed by atoms with E-state index in [1.54, 1.807) is 6.92 Å².